The lowest BCUT2D eigenvalue weighted by Gasteiger charge is -2.21. The van der Waals surface area contributed by atoms with Crippen LogP contribution in [0.3, 0.4) is 0 Å². The number of nitrogens with one attached hydrogen (secondary N) is 2. The highest BCUT2D eigenvalue weighted by molar-refractivity contribution is 7.89. The number of amides is 1. The molecule has 31 heavy (non-hydrogen) atoms. The van der Waals surface area contributed by atoms with Crippen molar-refractivity contribution in [2.75, 3.05) is 0 Å². The van der Waals surface area contributed by atoms with Gasteiger partial charge in [-0.2, -0.15) is 0 Å². The highest BCUT2D eigenvalue weighted by atomic mass is 35.5. The van der Waals surface area contributed by atoms with E-state index in [-0.39, 0.29) is 27.8 Å². The Morgan fingerprint density at radius 2 is 1.74 bits per heavy atom. The fourth-order valence-corrected chi connectivity index (χ4v) is 4.46. The quantitative estimate of drug-likeness (QED) is 0.604. The van der Waals surface area contributed by atoms with Crippen molar-refractivity contribution in [1.29, 1.82) is 0 Å². The number of sulfonamides is 1. The van der Waals surface area contributed by atoms with Crippen LogP contribution in [0.15, 0.2) is 47.4 Å². The predicted octanol–water partition coefficient (Wildman–Crippen LogP) is 3.42. The monoisotopic (exact) mass is 470 g/mol. The summed E-state index contributed by atoms with van der Waals surface area (Å²) in [6.45, 7) is 6.52. The lowest BCUT2D eigenvalue weighted by molar-refractivity contribution is -0.129. The van der Waals surface area contributed by atoms with Crippen molar-refractivity contribution in [3.05, 3.63) is 64.4 Å². The third kappa shape index (κ3) is 7.30. The summed E-state index contributed by atoms with van der Waals surface area (Å²) in [6, 6.07) is 9.26. The van der Waals surface area contributed by atoms with E-state index in [9.17, 15) is 22.4 Å². The molecular weight excluding hydrogens is 447 g/mol. The lowest BCUT2D eigenvalue weighted by Crippen LogP contribution is -2.40. The fourth-order valence-electron chi connectivity index (χ4n) is 2.51. The van der Waals surface area contributed by atoms with Crippen LogP contribution in [0.4, 0.5) is 4.39 Å². The van der Waals surface area contributed by atoms with Gasteiger partial charge in [-0.15, -0.1) is 0 Å². The van der Waals surface area contributed by atoms with E-state index in [1.165, 1.54) is 43.3 Å². The molecule has 0 aliphatic carbocycles. The van der Waals surface area contributed by atoms with Gasteiger partial charge in [0.05, 0.1) is 10.6 Å². The van der Waals surface area contributed by atoms with Crippen LogP contribution in [0.5, 0.6) is 0 Å². The van der Waals surface area contributed by atoms with Gasteiger partial charge in [0.1, 0.15) is 10.7 Å². The highest BCUT2D eigenvalue weighted by Gasteiger charge is 2.26. The average molecular weight is 471 g/mol. The molecule has 0 spiro atoms. The molecule has 1 amide bonds. The zero-order valence-corrected chi connectivity index (χ0v) is 19.1. The summed E-state index contributed by atoms with van der Waals surface area (Å²) in [5.74, 6) is -1.83. The smallest absolute Gasteiger partial charge is 0.338 e. The number of hydrogen-bond donors (Lipinski definition) is 2. The minimum atomic E-state index is -3.99. The first-order chi connectivity index (χ1) is 14.3. The molecule has 0 heterocycles. The van der Waals surface area contributed by atoms with Gasteiger partial charge >= 0.3 is 5.97 Å². The molecular formula is C21H24ClFN2O5S. The number of hydrogen-bond acceptors (Lipinski definition) is 5. The van der Waals surface area contributed by atoms with Gasteiger partial charge in [-0.25, -0.2) is 22.3 Å². The molecule has 0 aliphatic heterocycles. The first kappa shape index (κ1) is 24.8. The van der Waals surface area contributed by atoms with E-state index in [1.54, 1.807) is 20.8 Å². The molecule has 2 N–H and O–H groups in total. The molecule has 10 heteroatoms. The van der Waals surface area contributed by atoms with Gasteiger partial charge in [0.25, 0.3) is 5.91 Å². The van der Waals surface area contributed by atoms with E-state index in [4.69, 9.17) is 16.3 Å². The Morgan fingerprint density at radius 1 is 1.13 bits per heavy atom. The first-order valence-corrected chi connectivity index (χ1v) is 11.2. The molecule has 0 aliphatic rings. The van der Waals surface area contributed by atoms with E-state index in [0.717, 1.165) is 6.07 Å². The Morgan fingerprint density at radius 3 is 2.32 bits per heavy atom. The van der Waals surface area contributed by atoms with E-state index in [2.05, 4.69) is 10.0 Å². The lowest BCUT2D eigenvalue weighted by atomic mass is 10.1. The molecule has 0 bridgehead atoms. The van der Waals surface area contributed by atoms with Gasteiger partial charge in [0.2, 0.25) is 10.0 Å². The van der Waals surface area contributed by atoms with Crippen molar-refractivity contribution >= 4 is 33.5 Å². The van der Waals surface area contributed by atoms with E-state index < -0.39 is 33.5 Å². The topological polar surface area (TPSA) is 102 Å². The van der Waals surface area contributed by atoms with Crippen molar-refractivity contribution < 1.29 is 27.1 Å². The molecule has 2 rings (SSSR count). The summed E-state index contributed by atoms with van der Waals surface area (Å²) in [6.07, 6.45) is -1.14. The van der Waals surface area contributed by atoms with Crippen molar-refractivity contribution in [3.63, 3.8) is 0 Å². The predicted molar refractivity (Wildman–Crippen MR) is 115 cm³/mol. The zero-order chi connectivity index (χ0) is 23.4. The Hall–Kier alpha value is -2.49. The zero-order valence-electron chi connectivity index (χ0n) is 17.5. The number of benzene rings is 2. The fraction of sp³-hybridized carbons (Fsp3) is 0.333. The largest absolute Gasteiger partial charge is 0.449 e. The number of carbonyl (C=O) groups excluding carboxylic acids is 2. The van der Waals surface area contributed by atoms with Gasteiger partial charge < -0.3 is 10.1 Å². The second kappa shape index (κ2) is 9.76. The summed E-state index contributed by atoms with van der Waals surface area (Å²) in [5.41, 5.74) is -0.153. The second-order valence-electron chi connectivity index (χ2n) is 7.89. The van der Waals surface area contributed by atoms with Gasteiger partial charge in [-0.1, -0.05) is 23.7 Å². The van der Waals surface area contributed by atoms with E-state index in [0.29, 0.717) is 5.56 Å². The second-order valence-corrected chi connectivity index (χ2v) is 9.95. The van der Waals surface area contributed by atoms with E-state index in [1.807, 2.05) is 0 Å². The van der Waals surface area contributed by atoms with Crippen LogP contribution in [0.25, 0.3) is 0 Å². The molecule has 168 valence electrons. The van der Waals surface area contributed by atoms with Crippen molar-refractivity contribution in [1.82, 2.24) is 10.0 Å². The standard InChI is InChI=1S/C21H24ClFN2O5S/c1-13(19(26)24-12-14-5-8-16(23)9-6-14)30-20(27)15-7-10-17(22)18(11-15)31(28,29)25-21(2,3)4/h5-11,13,25H,12H2,1-4H3,(H,24,26). The van der Waals surface area contributed by atoms with Gasteiger partial charge in [-0.3, -0.25) is 4.79 Å². The van der Waals surface area contributed by atoms with Crippen LogP contribution in [0, 0.1) is 5.82 Å². The molecule has 1 unspecified atom stereocenters. The SMILES string of the molecule is CC(OC(=O)c1ccc(Cl)c(S(=O)(=O)NC(C)(C)C)c1)C(=O)NCc1ccc(F)cc1. The Bertz CT molecular complexity index is 1070. The summed E-state index contributed by atoms with van der Waals surface area (Å²) in [4.78, 5) is 24.4. The first-order valence-electron chi connectivity index (χ1n) is 9.35. The summed E-state index contributed by atoms with van der Waals surface area (Å²) >= 11 is 6.02. The Kier molecular flexibility index (Phi) is 7.80. The van der Waals surface area contributed by atoms with Crippen LogP contribution >= 0.6 is 11.6 Å². The molecule has 0 radical (unpaired) electrons. The maximum atomic E-state index is 12.9. The highest BCUT2D eigenvalue weighted by Crippen LogP contribution is 2.24. The average Bonchev–Trinajstić information content (AvgIpc) is 2.65. The third-order valence-corrected chi connectivity index (χ3v) is 6.17. The summed E-state index contributed by atoms with van der Waals surface area (Å²) < 4.78 is 45.7. The number of halogens is 2. The van der Waals surface area contributed by atoms with Gasteiger partial charge in [0.15, 0.2) is 6.10 Å². The maximum absolute atomic E-state index is 12.9. The number of ether oxygens (including phenoxy) is 1. The number of esters is 1. The van der Waals surface area contributed by atoms with Crippen LogP contribution in [-0.2, 0) is 26.1 Å². The van der Waals surface area contributed by atoms with Crippen molar-refractivity contribution in [2.24, 2.45) is 0 Å². The van der Waals surface area contributed by atoms with Crippen molar-refractivity contribution in [3.8, 4) is 0 Å². The normalized spacial score (nSPS) is 12.8. The minimum Gasteiger partial charge on any atom is -0.449 e. The molecule has 0 fully saturated rings. The molecule has 2 aromatic rings. The van der Waals surface area contributed by atoms with Crippen LogP contribution in [0.1, 0.15) is 43.6 Å². The molecule has 0 saturated heterocycles. The number of carbonyl (C=O) groups is 2. The van der Waals surface area contributed by atoms with Crippen LogP contribution in [0.2, 0.25) is 5.02 Å². The molecule has 1 atom stereocenters. The Balaban J connectivity index is 2.07. The van der Waals surface area contributed by atoms with Gasteiger partial charge in [-0.05, 0) is 63.6 Å². The van der Waals surface area contributed by atoms with Crippen LogP contribution < -0.4 is 10.0 Å². The van der Waals surface area contributed by atoms with Gasteiger partial charge in [0, 0.05) is 12.1 Å². The third-order valence-electron chi connectivity index (χ3n) is 3.93. The van der Waals surface area contributed by atoms with Crippen molar-refractivity contribution in [2.45, 2.75) is 50.8 Å². The minimum absolute atomic E-state index is 0.0570. The molecule has 0 saturated carbocycles. The summed E-state index contributed by atoms with van der Waals surface area (Å²) in [7, 11) is -3.99. The number of rotatable bonds is 7. The molecule has 0 aromatic heterocycles. The summed E-state index contributed by atoms with van der Waals surface area (Å²) in [5, 5.41) is 2.52. The molecule has 2 aromatic carbocycles. The van der Waals surface area contributed by atoms with Crippen LogP contribution in [-0.4, -0.2) is 31.9 Å². The Labute approximate surface area is 186 Å². The molecule has 7 nitrogen and oxygen atoms in total. The maximum Gasteiger partial charge on any atom is 0.338 e. The van der Waals surface area contributed by atoms with E-state index >= 15 is 0 Å².